The van der Waals surface area contributed by atoms with Crippen LogP contribution in [0.2, 0.25) is 0 Å². The number of rotatable bonds is 3. The van der Waals surface area contributed by atoms with Crippen LogP contribution in [0.1, 0.15) is 6.92 Å². The SMILES string of the molecule is C#CC(C)(C=C)OC(=O)Oc1ccccc1. The minimum absolute atomic E-state index is 0.399. The second-order valence-electron chi connectivity index (χ2n) is 3.22. The molecule has 82 valence electrons. The van der Waals surface area contributed by atoms with Crippen molar-refractivity contribution in [2.24, 2.45) is 0 Å². The summed E-state index contributed by atoms with van der Waals surface area (Å²) in [5.74, 6) is 2.70. The van der Waals surface area contributed by atoms with Crippen molar-refractivity contribution in [3.05, 3.63) is 43.0 Å². The van der Waals surface area contributed by atoms with Gasteiger partial charge in [0.25, 0.3) is 0 Å². The van der Waals surface area contributed by atoms with Gasteiger partial charge in [-0.2, -0.15) is 0 Å². The van der Waals surface area contributed by atoms with Crippen LogP contribution >= 0.6 is 0 Å². The fraction of sp³-hybridized carbons (Fsp3) is 0.154. The third-order valence-electron chi connectivity index (χ3n) is 1.92. The van der Waals surface area contributed by atoms with E-state index in [9.17, 15) is 4.79 Å². The van der Waals surface area contributed by atoms with Gasteiger partial charge in [-0.25, -0.2) is 4.79 Å². The van der Waals surface area contributed by atoms with Gasteiger partial charge in [-0.15, -0.1) is 6.42 Å². The van der Waals surface area contributed by atoms with Crippen LogP contribution < -0.4 is 4.74 Å². The minimum Gasteiger partial charge on any atom is -0.411 e. The van der Waals surface area contributed by atoms with Gasteiger partial charge in [-0.05, 0) is 25.1 Å². The highest BCUT2D eigenvalue weighted by Crippen LogP contribution is 2.14. The summed E-state index contributed by atoms with van der Waals surface area (Å²) in [6.45, 7) is 5.04. The highest BCUT2D eigenvalue weighted by atomic mass is 16.7. The number of terminal acetylenes is 1. The number of carbonyl (C=O) groups excluding carboxylic acids is 1. The lowest BCUT2D eigenvalue weighted by Gasteiger charge is -2.18. The van der Waals surface area contributed by atoms with E-state index in [4.69, 9.17) is 15.9 Å². The first kappa shape index (κ1) is 11.9. The molecular weight excluding hydrogens is 204 g/mol. The van der Waals surface area contributed by atoms with Crippen LogP contribution in [0.3, 0.4) is 0 Å². The maximum Gasteiger partial charge on any atom is 0.515 e. The zero-order chi connectivity index (χ0) is 12.0. The Morgan fingerprint density at radius 2 is 2.12 bits per heavy atom. The average Bonchev–Trinajstić information content (AvgIpc) is 2.30. The lowest BCUT2D eigenvalue weighted by atomic mass is 10.1. The van der Waals surface area contributed by atoms with Crippen LogP contribution in [0, 0.1) is 12.3 Å². The van der Waals surface area contributed by atoms with Gasteiger partial charge < -0.3 is 9.47 Å². The Bertz CT molecular complexity index is 417. The molecule has 1 atom stereocenters. The molecule has 0 aliphatic heterocycles. The number of benzene rings is 1. The first-order valence-electron chi connectivity index (χ1n) is 4.67. The van der Waals surface area contributed by atoms with E-state index in [1.54, 1.807) is 31.2 Å². The largest absolute Gasteiger partial charge is 0.515 e. The van der Waals surface area contributed by atoms with Gasteiger partial charge in [-0.1, -0.05) is 30.7 Å². The molecular formula is C13H12O3. The number of para-hydroxylation sites is 1. The van der Waals surface area contributed by atoms with E-state index in [1.165, 1.54) is 6.08 Å². The summed E-state index contributed by atoms with van der Waals surface area (Å²) in [6.07, 6.45) is 5.71. The van der Waals surface area contributed by atoms with Crippen LogP contribution in [-0.2, 0) is 4.74 Å². The van der Waals surface area contributed by atoms with Crippen molar-refractivity contribution in [3.8, 4) is 18.1 Å². The molecule has 0 bridgehead atoms. The smallest absolute Gasteiger partial charge is 0.411 e. The second-order valence-corrected chi connectivity index (χ2v) is 3.22. The van der Waals surface area contributed by atoms with Crippen molar-refractivity contribution in [1.82, 2.24) is 0 Å². The van der Waals surface area contributed by atoms with Crippen molar-refractivity contribution in [1.29, 1.82) is 0 Å². The quantitative estimate of drug-likeness (QED) is 0.337. The van der Waals surface area contributed by atoms with E-state index >= 15 is 0 Å². The van der Waals surface area contributed by atoms with Gasteiger partial charge in [0.2, 0.25) is 0 Å². The van der Waals surface area contributed by atoms with Gasteiger partial charge >= 0.3 is 6.16 Å². The van der Waals surface area contributed by atoms with Crippen molar-refractivity contribution >= 4 is 6.16 Å². The monoisotopic (exact) mass is 216 g/mol. The highest BCUT2D eigenvalue weighted by Gasteiger charge is 2.23. The molecule has 0 saturated heterocycles. The summed E-state index contributed by atoms with van der Waals surface area (Å²) in [5.41, 5.74) is -1.15. The van der Waals surface area contributed by atoms with Crippen LogP contribution in [0.25, 0.3) is 0 Å². The predicted octanol–water partition coefficient (Wildman–Crippen LogP) is 2.78. The molecule has 1 aromatic rings. The van der Waals surface area contributed by atoms with Gasteiger partial charge in [-0.3, -0.25) is 0 Å². The summed E-state index contributed by atoms with van der Waals surface area (Å²) in [5, 5.41) is 0. The Morgan fingerprint density at radius 1 is 1.50 bits per heavy atom. The fourth-order valence-corrected chi connectivity index (χ4v) is 0.909. The van der Waals surface area contributed by atoms with Crippen molar-refractivity contribution in [2.45, 2.75) is 12.5 Å². The third-order valence-corrected chi connectivity index (χ3v) is 1.92. The van der Waals surface area contributed by atoms with Gasteiger partial charge in [0.1, 0.15) is 5.75 Å². The molecule has 0 fully saturated rings. The lowest BCUT2D eigenvalue weighted by molar-refractivity contribution is 0.0556. The normalized spacial score (nSPS) is 13.0. The van der Waals surface area contributed by atoms with Crippen molar-refractivity contribution < 1.29 is 14.3 Å². The zero-order valence-electron chi connectivity index (χ0n) is 8.97. The zero-order valence-corrected chi connectivity index (χ0v) is 8.97. The summed E-state index contributed by atoms with van der Waals surface area (Å²) in [6, 6.07) is 8.59. The Hall–Kier alpha value is -2.21. The Labute approximate surface area is 94.7 Å². The van der Waals surface area contributed by atoms with Crippen molar-refractivity contribution in [2.75, 3.05) is 0 Å². The summed E-state index contributed by atoms with van der Waals surface area (Å²) < 4.78 is 9.83. The van der Waals surface area contributed by atoms with Gasteiger partial charge in [0.15, 0.2) is 5.60 Å². The molecule has 0 aliphatic rings. The Kier molecular flexibility index (Phi) is 3.73. The topological polar surface area (TPSA) is 35.5 Å². The maximum absolute atomic E-state index is 11.4. The molecule has 1 rings (SSSR count). The number of carbonyl (C=O) groups is 1. The molecule has 0 aromatic heterocycles. The summed E-state index contributed by atoms with van der Waals surface area (Å²) in [4.78, 5) is 11.4. The number of ether oxygens (including phenoxy) is 2. The standard InChI is InChI=1S/C13H12O3/c1-4-13(3,5-2)16-12(14)15-11-9-7-6-8-10-11/h1,5-10H,2H2,3H3. The molecule has 3 heteroatoms. The van der Waals surface area contributed by atoms with Crippen LogP contribution in [0.5, 0.6) is 5.75 Å². The molecule has 3 nitrogen and oxygen atoms in total. The van der Waals surface area contributed by atoms with Gasteiger partial charge in [0, 0.05) is 0 Å². The third kappa shape index (κ3) is 3.18. The minimum atomic E-state index is -1.15. The van der Waals surface area contributed by atoms with E-state index in [-0.39, 0.29) is 0 Å². The molecule has 16 heavy (non-hydrogen) atoms. The van der Waals surface area contributed by atoms with E-state index in [1.807, 2.05) is 6.07 Å². The van der Waals surface area contributed by atoms with Crippen LogP contribution in [0.4, 0.5) is 4.79 Å². The molecule has 0 N–H and O–H groups in total. The van der Waals surface area contributed by atoms with Crippen LogP contribution in [-0.4, -0.2) is 11.8 Å². The van der Waals surface area contributed by atoms with Gasteiger partial charge in [0.05, 0.1) is 0 Å². The Morgan fingerprint density at radius 3 is 2.62 bits per heavy atom. The molecule has 0 amide bonds. The molecule has 1 aromatic carbocycles. The van der Waals surface area contributed by atoms with Crippen molar-refractivity contribution in [3.63, 3.8) is 0 Å². The lowest BCUT2D eigenvalue weighted by Crippen LogP contribution is -2.28. The number of hydrogen-bond acceptors (Lipinski definition) is 3. The van der Waals surface area contributed by atoms with E-state index < -0.39 is 11.8 Å². The molecule has 0 heterocycles. The summed E-state index contributed by atoms with van der Waals surface area (Å²) >= 11 is 0. The fourth-order valence-electron chi connectivity index (χ4n) is 0.909. The molecule has 1 unspecified atom stereocenters. The summed E-state index contributed by atoms with van der Waals surface area (Å²) in [7, 11) is 0. The van der Waals surface area contributed by atoms with E-state index in [2.05, 4.69) is 12.5 Å². The first-order valence-corrected chi connectivity index (χ1v) is 4.67. The molecule has 0 aliphatic carbocycles. The maximum atomic E-state index is 11.4. The highest BCUT2D eigenvalue weighted by molar-refractivity contribution is 5.65. The van der Waals surface area contributed by atoms with Crippen LogP contribution in [0.15, 0.2) is 43.0 Å². The van der Waals surface area contributed by atoms with E-state index in [0.717, 1.165) is 0 Å². The molecule has 0 radical (unpaired) electrons. The number of hydrogen-bond donors (Lipinski definition) is 0. The molecule has 0 saturated carbocycles. The Balaban J connectivity index is 2.62. The average molecular weight is 216 g/mol. The van der Waals surface area contributed by atoms with E-state index in [0.29, 0.717) is 5.75 Å². The first-order chi connectivity index (χ1) is 7.59. The predicted molar refractivity (Wildman–Crippen MR) is 61.0 cm³/mol. The molecule has 0 spiro atoms. The second kappa shape index (κ2) is 5.04.